The molecule has 3 saturated carbocycles. The van der Waals surface area contributed by atoms with Gasteiger partial charge in [0.2, 0.25) is 0 Å². The standard InChI is InChI=1S/C14H26O2/c1-11(15-3)16-14(2)9-8-12-4-6-13(10-14)7-5-12/h11-13H,4-10H2,1-3H3. The van der Waals surface area contributed by atoms with Crippen LogP contribution >= 0.6 is 0 Å². The van der Waals surface area contributed by atoms with Crippen molar-refractivity contribution in [3.05, 3.63) is 0 Å². The van der Waals surface area contributed by atoms with Crippen LogP contribution in [0.25, 0.3) is 0 Å². The van der Waals surface area contributed by atoms with E-state index in [2.05, 4.69) is 6.92 Å². The van der Waals surface area contributed by atoms with E-state index in [1.54, 1.807) is 7.11 Å². The Morgan fingerprint density at radius 3 is 2.31 bits per heavy atom. The van der Waals surface area contributed by atoms with Gasteiger partial charge in [0, 0.05) is 7.11 Å². The lowest BCUT2D eigenvalue weighted by Crippen LogP contribution is -2.39. The highest BCUT2D eigenvalue weighted by molar-refractivity contribution is 4.87. The highest BCUT2D eigenvalue weighted by atomic mass is 16.7. The van der Waals surface area contributed by atoms with Crippen LogP contribution in [0.3, 0.4) is 0 Å². The van der Waals surface area contributed by atoms with Gasteiger partial charge in [0.05, 0.1) is 5.60 Å². The van der Waals surface area contributed by atoms with Crippen LogP contribution in [0.5, 0.6) is 0 Å². The Morgan fingerprint density at radius 2 is 1.69 bits per heavy atom. The van der Waals surface area contributed by atoms with Crippen LogP contribution in [0.2, 0.25) is 0 Å². The Balaban J connectivity index is 1.98. The molecule has 2 atom stereocenters. The Kier molecular flexibility index (Phi) is 3.91. The zero-order valence-electron chi connectivity index (χ0n) is 11.0. The molecule has 2 heteroatoms. The van der Waals surface area contributed by atoms with Crippen molar-refractivity contribution in [3.63, 3.8) is 0 Å². The van der Waals surface area contributed by atoms with Gasteiger partial charge in [0.15, 0.2) is 6.29 Å². The second-order valence-electron chi connectivity index (χ2n) is 6.00. The first-order valence-electron chi connectivity index (χ1n) is 6.82. The molecular weight excluding hydrogens is 200 g/mol. The molecule has 2 bridgehead atoms. The molecule has 94 valence electrons. The van der Waals surface area contributed by atoms with E-state index in [1.807, 2.05) is 6.92 Å². The first-order chi connectivity index (χ1) is 7.61. The number of hydrogen-bond donors (Lipinski definition) is 0. The normalized spacial score (nSPS) is 41.4. The Morgan fingerprint density at radius 1 is 1.06 bits per heavy atom. The summed E-state index contributed by atoms with van der Waals surface area (Å²) in [5.74, 6) is 1.86. The molecule has 0 radical (unpaired) electrons. The van der Waals surface area contributed by atoms with Crippen molar-refractivity contribution in [3.8, 4) is 0 Å². The molecule has 2 nitrogen and oxygen atoms in total. The maximum absolute atomic E-state index is 6.09. The third kappa shape index (κ3) is 2.98. The fraction of sp³-hybridized carbons (Fsp3) is 1.00. The average molecular weight is 226 g/mol. The van der Waals surface area contributed by atoms with Gasteiger partial charge in [-0.1, -0.05) is 25.7 Å². The summed E-state index contributed by atoms with van der Waals surface area (Å²) in [7, 11) is 1.73. The van der Waals surface area contributed by atoms with Gasteiger partial charge in [-0.15, -0.1) is 0 Å². The van der Waals surface area contributed by atoms with Crippen LogP contribution in [-0.4, -0.2) is 19.0 Å². The third-order valence-electron chi connectivity index (χ3n) is 4.55. The summed E-state index contributed by atoms with van der Waals surface area (Å²) < 4.78 is 11.3. The molecule has 3 aliphatic rings. The van der Waals surface area contributed by atoms with E-state index in [-0.39, 0.29) is 11.9 Å². The molecule has 0 aliphatic heterocycles. The first kappa shape index (κ1) is 12.4. The van der Waals surface area contributed by atoms with E-state index in [0.717, 1.165) is 11.8 Å². The summed E-state index contributed by atoms with van der Waals surface area (Å²) in [6, 6.07) is 0. The molecule has 0 aromatic heterocycles. The van der Waals surface area contributed by atoms with Crippen LogP contribution in [0.4, 0.5) is 0 Å². The van der Waals surface area contributed by atoms with E-state index >= 15 is 0 Å². The van der Waals surface area contributed by atoms with E-state index in [4.69, 9.17) is 9.47 Å². The molecule has 0 aromatic rings. The molecule has 0 heterocycles. The summed E-state index contributed by atoms with van der Waals surface area (Å²) in [5, 5.41) is 0. The third-order valence-corrected chi connectivity index (χ3v) is 4.55. The zero-order chi connectivity index (χ0) is 11.6. The molecule has 16 heavy (non-hydrogen) atoms. The SMILES string of the molecule is COC(C)OC1(C)CCC2CCC(CC2)C1. The fourth-order valence-electron chi connectivity index (χ4n) is 3.50. The average Bonchev–Trinajstić information content (AvgIpc) is 2.25. The topological polar surface area (TPSA) is 18.5 Å². The molecular formula is C14H26O2. The molecule has 0 saturated heterocycles. The van der Waals surface area contributed by atoms with Crippen LogP contribution in [0.1, 0.15) is 58.8 Å². The summed E-state index contributed by atoms with van der Waals surface area (Å²) in [5.41, 5.74) is 0.0547. The van der Waals surface area contributed by atoms with Crippen molar-refractivity contribution in [1.82, 2.24) is 0 Å². The van der Waals surface area contributed by atoms with Crippen molar-refractivity contribution < 1.29 is 9.47 Å². The Hall–Kier alpha value is -0.0800. The fourth-order valence-corrected chi connectivity index (χ4v) is 3.50. The van der Waals surface area contributed by atoms with Crippen molar-refractivity contribution in [2.24, 2.45) is 11.8 Å². The largest absolute Gasteiger partial charge is 0.356 e. The van der Waals surface area contributed by atoms with Gasteiger partial charge in [0.25, 0.3) is 0 Å². The van der Waals surface area contributed by atoms with Crippen LogP contribution in [-0.2, 0) is 9.47 Å². The van der Waals surface area contributed by atoms with Crippen molar-refractivity contribution in [2.45, 2.75) is 70.7 Å². The number of fused-ring (bicyclic) bond motifs is 5. The van der Waals surface area contributed by atoms with Crippen LogP contribution in [0, 0.1) is 11.8 Å². The van der Waals surface area contributed by atoms with Gasteiger partial charge >= 0.3 is 0 Å². The molecule has 3 aliphatic carbocycles. The van der Waals surface area contributed by atoms with E-state index in [1.165, 1.54) is 44.9 Å². The smallest absolute Gasteiger partial charge is 0.155 e. The number of hydrogen-bond acceptors (Lipinski definition) is 2. The second-order valence-corrected chi connectivity index (χ2v) is 6.00. The summed E-state index contributed by atoms with van der Waals surface area (Å²) in [6.07, 6.45) is 9.48. The highest BCUT2D eigenvalue weighted by Crippen LogP contribution is 2.43. The molecule has 0 N–H and O–H groups in total. The van der Waals surface area contributed by atoms with Gasteiger partial charge in [-0.25, -0.2) is 0 Å². The van der Waals surface area contributed by atoms with Gasteiger partial charge in [-0.2, -0.15) is 0 Å². The van der Waals surface area contributed by atoms with E-state index in [9.17, 15) is 0 Å². The highest BCUT2D eigenvalue weighted by Gasteiger charge is 2.36. The van der Waals surface area contributed by atoms with Crippen molar-refractivity contribution in [2.75, 3.05) is 7.11 Å². The Bertz CT molecular complexity index is 221. The monoisotopic (exact) mass is 226 g/mol. The predicted molar refractivity (Wildman–Crippen MR) is 65.3 cm³/mol. The maximum atomic E-state index is 6.09. The minimum absolute atomic E-state index is 0.0547. The van der Waals surface area contributed by atoms with Gasteiger partial charge in [0.1, 0.15) is 0 Å². The van der Waals surface area contributed by atoms with Crippen LogP contribution < -0.4 is 0 Å². The predicted octanol–water partition coefficient (Wildman–Crippen LogP) is 3.74. The number of methoxy groups -OCH3 is 1. The molecule has 2 unspecified atom stereocenters. The Labute approximate surface area is 99.7 Å². The lowest BCUT2D eigenvalue weighted by atomic mass is 9.70. The van der Waals surface area contributed by atoms with E-state index in [0.29, 0.717) is 0 Å². The number of ether oxygens (including phenoxy) is 2. The molecule has 0 amide bonds. The summed E-state index contributed by atoms with van der Waals surface area (Å²) in [6.45, 7) is 4.28. The molecule has 0 aromatic carbocycles. The van der Waals surface area contributed by atoms with Gasteiger partial charge < -0.3 is 9.47 Å². The molecule has 3 fully saturated rings. The zero-order valence-corrected chi connectivity index (χ0v) is 11.0. The second kappa shape index (κ2) is 5.05. The first-order valence-corrected chi connectivity index (χ1v) is 6.82. The van der Waals surface area contributed by atoms with Crippen molar-refractivity contribution >= 4 is 0 Å². The molecule has 3 rings (SSSR count). The maximum Gasteiger partial charge on any atom is 0.155 e. The number of rotatable bonds is 3. The minimum Gasteiger partial charge on any atom is -0.356 e. The molecule has 0 spiro atoms. The van der Waals surface area contributed by atoms with E-state index < -0.39 is 0 Å². The van der Waals surface area contributed by atoms with Crippen LogP contribution in [0.15, 0.2) is 0 Å². The minimum atomic E-state index is -0.0667. The lowest BCUT2D eigenvalue weighted by Gasteiger charge is -2.42. The van der Waals surface area contributed by atoms with Gasteiger partial charge in [-0.05, 0) is 44.9 Å². The lowest BCUT2D eigenvalue weighted by molar-refractivity contribution is -0.198. The summed E-state index contributed by atoms with van der Waals surface area (Å²) >= 11 is 0. The quantitative estimate of drug-likeness (QED) is 0.682. The summed E-state index contributed by atoms with van der Waals surface area (Å²) in [4.78, 5) is 0. The van der Waals surface area contributed by atoms with Crippen molar-refractivity contribution in [1.29, 1.82) is 0 Å². The van der Waals surface area contributed by atoms with Gasteiger partial charge in [-0.3, -0.25) is 0 Å².